The van der Waals surface area contributed by atoms with Gasteiger partial charge >= 0.3 is 0 Å². The summed E-state index contributed by atoms with van der Waals surface area (Å²) in [5.74, 6) is 2.45. The average molecular weight is 499 g/mol. The number of pyridine rings is 1. The van der Waals surface area contributed by atoms with Gasteiger partial charge in [0.15, 0.2) is 5.82 Å². The maximum Gasteiger partial charge on any atom is 0.255 e. The van der Waals surface area contributed by atoms with Crippen LogP contribution in [0.4, 0.5) is 11.6 Å². The normalized spacial score (nSPS) is 14.4. The maximum absolute atomic E-state index is 13.7. The van der Waals surface area contributed by atoms with Gasteiger partial charge in [-0.1, -0.05) is 12.1 Å². The van der Waals surface area contributed by atoms with Crippen molar-refractivity contribution in [2.45, 2.75) is 13.0 Å². The number of nitrogens with zero attached hydrogens (tertiary/aromatic N) is 4. The Hall–Kier alpha value is -4.86. The fourth-order valence-corrected chi connectivity index (χ4v) is 4.36. The van der Waals surface area contributed by atoms with Gasteiger partial charge in [-0.3, -0.25) is 9.78 Å². The average Bonchev–Trinajstić information content (AvgIpc) is 3.35. The quantitative estimate of drug-likeness (QED) is 0.388. The summed E-state index contributed by atoms with van der Waals surface area (Å²) in [5.41, 5.74) is 3.06. The number of methoxy groups -OCH3 is 3. The number of para-hydroxylation sites is 1. The van der Waals surface area contributed by atoms with Crippen molar-refractivity contribution >= 4 is 17.5 Å². The highest BCUT2D eigenvalue weighted by Gasteiger charge is 2.36. The molecule has 188 valence electrons. The lowest BCUT2D eigenvalue weighted by molar-refractivity contribution is -0.113. The minimum absolute atomic E-state index is 0.312. The van der Waals surface area contributed by atoms with E-state index in [1.807, 2.05) is 37.3 Å². The van der Waals surface area contributed by atoms with Gasteiger partial charge < -0.3 is 24.8 Å². The number of aromatic nitrogens is 4. The van der Waals surface area contributed by atoms with Gasteiger partial charge in [0.2, 0.25) is 5.95 Å². The number of ether oxygens (including phenoxy) is 3. The Morgan fingerprint density at radius 2 is 1.81 bits per heavy atom. The number of hydrogen-bond acceptors (Lipinski definition) is 8. The number of anilines is 2. The van der Waals surface area contributed by atoms with Crippen molar-refractivity contribution < 1.29 is 19.0 Å². The number of rotatable bonds is 7. The van der Waals surface area contributed by atoms with E-state index in [2.05, 4.69) is 15.6 Å². The number of nitrogens with one attached hydrogen (secondary N) is 2. The number of fused-ring (bicyclic) bond motifs is 1. The van der Waals surface area contributed by atoms with E-state index in [-0.39, 0.29) is 5.91 Å². The predicted octanol–water partition coefficient (Wildman–Crippen LogP) is 4.29. The van der Waals surface area contributed by atoms with Crippen molar-refractivity contribution in [2.75, 3.05) is 32.0 Å². The second-order valence-electron chi connectivity index (χ2n) is 8.27. The zero-order valence-corrected chi connectivity index (χ0v) is 20.9. The summed E-state index contributed by atoms with van der Waals surface area (Å²) in [6.07, 6.45) is 3.24. The number of carbonyl (C=O) groups is 1. The summed E-state index contributed by atoms with van der Waals surface area (Å²) in [4.78, 5) is 22.6. The van der Waals surface area contributed by atoms with E-state index in [1.165, 1.54) is 0 Å². The summed E-state index contributed by atoms with van der Waals surface area (Å²) in [7, 11) is 4.77. The molecule has 0 bridgehead atoms. The van der Waals surface area contributed by atoms with E-state index >= 15 is 0 Å². The van der Waals surface area contributed by atoms with Crippen LogP contribution in [0.3, 0.4) is 0 Å². The molecule has 5 rings (SSSR count). The highest BCUT2D eigenvalue weighted by atomic mass is 16.5. The summed E-state index contributed by atoms with van der Waals surface area (Å²) in [6, 6.07) is 15.8. The highest BCUT2D eigenvalue weighted by molar-refractivity contribution is 6.06. The van der Waals surface area contributed by atoms with Gasteiger partial charge in [0.05, 0.1) is 44.4 Å². The molecular formula is C27H26N6O4. The monoisotopic (exact) mass is 498 g/mol. The lowest BCUT2D eigenvalue weighted by Gasteiger charge is -2.29. The lowest BCUT2D eigenvalue weighted by atomic mass is 9.94. The summed E-state index contributed by atoms with van der Waals surface area (Å²) in [6.45, 7) is 1.83. The number of amides is 1. The van der Waals surface area contributed by atoms with E-state index in [9.17, 15) is 4.79 Å². The Morgan fingerprint density at radius 3 is 2.54 bits per heavy atom. The van der Waals surface area contributed by atoms with Gasteiger partial charge in [-0.25, -0.2) is 4.68 Å². The van der Waals surface area contributed by atoms with Gasteiger partial charge in [0, 0.05) is 17.5 Å². The van der Waals surface area contributed by atoms with E-state index in [1.54, 1.807) is 62.7 Å². The zero-order chi connectivity index (χ0) is 25.9. The highest BCUT2D eigenvalue weighted by Crippen LogP contribution is 2.42. The SMILES string of the molecule is COc1ccc(OC)c([C@H]2C(C(=O)Nc3cccnc3)=C(C)Nc3nc(-c4ccccc4OC)nn32)c1. The van der Waals surface area contributed by atoms with Crippen molar-refractivity contribution in [3.05, 3.63) is 83.8 Å². The molecule has 0 saturated carbocycles. The van der Waals surface area contributed by atoms with E-state index in [0.29, 0.717) is 51.5 Å². The predicted molar refractivity (Wildman–Crippen MR) is 139 cm³/mol. The first kappa shape index (κ1) is 23.9. The van der Waals surface area contributed by atoms with Gasteiger partial charge in [-0.2, -0.15) is 4.98 Å². The van der Waals surface area contributed by atoms with Crippen molar-refractivity contribution in [1.82, 2.24) is 19.7 Å². The standard InChI is InChI=1S/C27H26N6O4/c1-16-23(26(34)30-17-8-7-13-28-15-17)24(20-14-18(35-2)11-12-22(20)37-4)33-27(29-16)31-25(32-33)19-9-5-6-10-21(19)36-3/h5-15,24H,1-4H3,(H,30,34)(H,29,31,32)/t24-/m0/s1. The molecule has 2 aromatic carbocycles. The van der Waals surface area contributed by atoms with Crippen LogP contribution in [0, 0.1) is 0 Å². The number of hydrogen-bond donors (Lipinski definition) is 2. The molecule has 1 amide bonds. The molecular weight excluding hydrogens is 472 g/mol. The van der Waals surface area contributed by atoms with Gasteiger partial charge in [-0.15, -0.1) is 5.10 Å². The van der Waals surface area contributed by atoms with Crippen LogP contribution in [0.5, 0.6) is 17.2 Å². The zero-order valence-electron chi connectivity index (χ0n) is 20.9. The molecule has 0 radical (unpaired) electrons. The molecule has 0 aliphatic carbocycles. The van der Waals surface area contributed by atoms with Gasteiger partial charge in [0.25, 0.3) is 5.91 Å². The Morgan fingerprint density at radius 1 is 1.00 bits per heavy atom. The molecule has 0 saturated heterocycles. The van der Waals surface area contributed by atoms with E-state index in [4.69, 9.17) is 24.3 Å². The molecule has 0 unspecified atom stereocenters. The molecule has 1 atom stereocenters. The van der Waals surface area contributed by atoms with Crippen LogP contribution >= 0.6 is 0 Å². The van der Waals surface area contributed by atoms with Crippen LogP contribution in [-0.2, 0) is 4.79 Å². The number of allylic oxidation sites excluding steroid dienone is 1. The Balaban J connectivity index is 1.68. The van der Waals surface area contributed by atoms with Crippen LogP contribution < -0.4 is 24.8 Å². The topological polar surface area (TPSA) is 112 Å². The molecule has 1 aliphatic rings. The van der Waals surface area contributed by atoms with Crippen molar-refractivity contribution in [1.29, 1.82) is 0 Å². The van der Waals surface area contributed by atoms with Crippen LogP contribution in [0.1, 0.15) is 18.5 Å². The van der Waals surface area contributed by atoms with Crippen LogP contribution in [-0.4, -0.2) is 47.0 Å². The Bertz CT molecular complexity index is 1480. The molecule has 1 aliphatic heterocycles. The maximum atomic E-state index is 13.7. The molecule has 0 fully saturated rings. The number of carbonyl (C=O) groups excluding carboxylic acids is 1. The first-order valence-corrected chi connectivity index (χ1v) is 11.5. The molecule has 10 heteroatoms. The fourth-order valence-electron chi connectivity index (χ4n) is 4.36. The summed E-state index contributed by atoms with van der Waals surface area (Å²) < 4.78 is 18.4. The molecule has 2 aromatic heterocycles. The molecule has 10 nitrogen and oxygen atoms in total. The lowest BCUT2D eigenvalue weighted by Crippen LogP contribution is -2.31. The Labute approximate surface area is 213 Å². The molecule has 3 heterocycles. The minimum Gasteiger partial charge on any atom is -0.497 e. The van der Waals surface area contributed by atoms with Crippen LogP contribution in [0.25, 0.3) is 11.4 Å². The summed E-state index contributed by atoms with van der Waals surface area (Å²) in [5, 5.41) is 11.0. The number of benzene rings is 2. The smallest absolute Gasteiger partial charge is 0.255 e. The molecule has 4 aromatic rings. The van der Waals surface area contributed by atoms with Crippen molar-refractivity contribution in [2.24, 2.45) is 0 Å². The second-order valence-corrected chi connectivity index (χ2v) is 8.27. The van der Waals surface area contributed by atoms with E-state index < -0.39 is 6.04 Å². The second kappa shape index (κ2) is 10.0. The third-order valence-corrected chi connectivity index (χ3v) is 6.10. The van der Waals surface area contributed by atoms with Crippen molar-refractivity contribution in [3.8, 4) is 28.6 Å². The van der Waals surface area contributed by atoms with E-state index in [0.717, 1.165) is 5.56 Å². The largest absolute Gasteiger partial charge is 0.497 e. The third kappa shape index (κ3) is 4.44. The molecule has 0 spiro atoms. The molecule has 37 heavy (non-hydrogen) atoms. The Kier molecular flexibility index (Phi) is 6.46. The third-order valence-electron chi connectivity index (χ3n) is 6.10. The summed E-state index contributed by atoms with van der Waals surface area (Å²) >= 11 is 0. The minimum atomic E-state index is -0.672. The first-order chi connectivity index (χ1) is 18.0. The van der Waals surface area contributed by atoms with Crippen molar-refractivity contribution in [3.63, 3.8) is 0 Å². The van der Waals surface area contributed by atoms with Gasteiger partial charge in [0.1, 0.15) is 23.3 Å². The first-order valence-electron chi connectivity index (χ1n) is 11.5. The van der Waals surface area contributed by atoms with Crippen LogP contribution in [0.15, 0.2) is 78.3 Å². The fraction of sp³-hybridized carbons (Fsp3) is 0.185. The van der Waals surface area contributed by atoms with Gasteiger partial charge in [-0.05, 0) is 49.4 Å². The van der Waals surface area contributed by atoms with Crippen LogP contribution in [0.2, 0.25) is 0 Å². The molecule has 2 N–H and O–H groups in total.